The van der Waals surface area contributed by atoms with Crippen LogP contribution >= 0.6 is 0 Å². The fraction of sp³-hybridized carbons (Fsp3) is 0.368. The zero-order chi connectivity index (χ0) is 17.6. The largest absolute Gasteiger partial charge is 0.493 e. The number of anilines is 1. The standard InChI is InChI=1S/C19H23N3O3/c1-25-17-10-5-11-20-18(17)21-19(24)22-12-6-9-15(22)13-16(23)14-7-3-2-4-8-14/h2-5,7-8,10-11,15-16,23H,6,9,12-13H2,1H3,(H,20,21,24). The van der Waals surface area contributed by atoms with Crippen LogP contribution in [0.3, 0.4) is 0 Å². The van der Waals surface area contributed by atoms with Crippen molar-refractivity contribution in [2.75, 3.05) is 19.0 Å². The molecule has 2 atom stereocenters. The number of nitrogens with zero attached hydrogens (tertiary/aromatic N) is 2. The van der Waals surface area contributed by atoms with Crippen molar-refractivity contribution >= 4 is 11.8 Å². The monoisotopic (exact) mass is 341 g/mol. The summed E-state index contributed by atoms with van der Waals surface area (Å²) in [6.45, 7) is 0.674. The van der Waals surface area contributed by atoms with Crippen molar-refractivity contribution in [3.63, 3.8) is 0 Å². The minimum Gasteiger partial charge on any atom is -0.493 e. The van der Waals surface area contributed by atoms with Gasteiger partial charge in [-0.2, -0.15) is 0 Å². The second-order valence-corrected chi connectivity index (χ2v) is 6.14. The van der Waals surface area contributed by atoms with E-state index in [4.69, 9.17) is 4.74 Å². The summed E-state index contributed by atoms with van der Waals surface area (Å²) in [5.41, 5.74) is 0.876. The van der Waals surface area contributed by atoms with Gasteiger partial charge in [-0.1, -0.05) is 30.3 Å². The summed E-state index contributed by atoms with van der Waals surface area (Å²) in [5, 5.41) is 13.3. The van der Waals surface area contributed by atoms with Crippen LogP contribution in [0.15, 0.2) is 48.7 Å². The number of aromatic nitrogens is 1. The van der Waals surface area contributed by atoms with E-state index >= 15 is 0 Å². The smallest absolute Gasteiger partial charge is 0.323 e. The van der Waals surface area contributed by atoms with Gasteiger partial charge in [-0.3, -0.25) is 5.32 Å². The van der Waals surface area contributed by atoms with Crippen LogP contribution < -0.4 is 10.1 Å². The van der Waals surface area contributed by atoms with Crippen molar-refractivity contribution in [1.29, 1.82) is 0 Å². The molecule has 132 valence electrons. The highest BCUT2D eigenvalue weighted by Gasteiger charge is 2.31. The van der Waals surface area contributed by atoms with E-state index in [2.05, 4.69) is 10.3 Å². The first kappa shape index (κ1) is 17.2. The minimum atomic E-state index is -0.580. The Kier molecular flexibility index (Phi) is 5.50. The molecule has 1 aromatic heterocycles. The number of nitrogens with one attached hydrogen (secondary N) is 1. The summed E-state index contributed by atoms with van der Waals surface area (Å²) in [4.78, 5) is 18.6. The third-order valence-electron chi connectivity index (χ3n) is 4.53. The molecule has 0 spiro atoms. The van der Waals surface area contributed by atoms with Gasteiger partial charge in [0, 0.05) is 18.8 Å². The lowest BCUT2D eigenvalue weighted by Crippen LogP contribution is -2.39. The number of pyridine rings is 1. The lowest BCUT2D eigenvalue weighted by Gasteiger charge is -2.27. The lowest BCUT2D eigenvalue weighted by molar-refractivity contribution is 0.129. The summed E-state index contributed by atoms with van der Waals surface area (Å²) in [6.07, 6.45) is 3.37. The Bertz CT molecular complexity index is 708. The fourth-order valence-electron chi connectivity index (χ4n) is 3.24. The van der Waals surface area contributed by atoms with Gasteiger partial charge in [0.25, 0.3) is 0 Å². The maximum atomic E-state index is 12.6. The highest BCUT2D eigenvalue weighted by Crippen LogP contribution is 2.28. The van der Waals surface area contributed by atoms with Gasteiger partial charge in [0.2, 0.25) is 0 Å². The maximum Gasteiger partial charge on any atom is 0.323 e. The SMILES string of the molecule is COc1cccnc1NC(=O)N1CCCC1CC(O)c1ccccc1. The Labute approximate surface area is 147 Å². The molecule has 1 saturated heterocycles. The number of amides is 2. The molecule has 0 saturated carbocycles. The first-order valence-corrected chi connectivity index (χ1v) is 8.48. The molecule has 6 nitrogen and oxygen atoms in total. The Morgan fingerprint density at radius 2 is 2.16 bits per heavy atom. The predicted molar refractivity (Wildman–Crippen MR) is 95.6 cm³/mol. The van der Waals surface area contributed by atoms with E-state index in [1.54, 1.807) is 30.3 Å². The van der Waals surface area contributed by atoms with Gasteiger partial charge in [0.1, 0.15) is 0 Å². The number of rotatable bonds is 5. The van der Waals surface area contributed by atoms with Crippen molar-refractivity contribution in [3.05, 3.63) is 54.2 Å². The molecule has 1 aliphatic rings. The summed E-state index contributed by atoms with van der Waals surface area (Å²) in [7, 11) is 1.54. The van der Waals surface area contributed by atoms with Crippen molar-refractivity contribution in [1.82, 2.24) is 9.88 Å². The molecule has 2 aromatic rings. The number of ether oxygens (including phenoxy) is 1. The highest BCUT2D eigenvalue weighted by molar-refractivity contribution is 5.90. The first-order chi connectivity index (χ1) is 12.2. The predicted octanol–water partition coefficient (Wildman–Crippen LogP) is 3.21. The zero-order valence-electron chi connectivity index (χ0n) is 14.3. The van der Waals surface area contributed by atoms with Gasteiger partial charge in [0.05, 0.1) is 13.2 Å². The van der Waals surface area contributed by atoms with Crippen molar-refractivity contribution in [3.8, 4) is 5.75 Å². The molecule has 0 bridgehead atoms. The Balaban J connectivity index is 1.65. The van der Waals surface area contributed by atoms with Gasteiger partial charge >= 0.3 is 6.03 Å². The summed E-state index contributed by atoms with van der Waals surface area (Å²) >= 11 is 0. The minimum absolute atomic E-state index is 0.00455. The van der Waals surface area contributed by atoms with E-state index in [0.717, 1.165) is 18.4 Å². The number of carbonyl (C=O) groups excluding carboxylic acids is 1. The maximum absolute atomic E-state index is 12.6. The molecule has 3 rings (SSSR count). The van der Waals surface area contributed by atoms with Crippen LogP contribution in [0.4, 0.5) is 10.6 Å². The Morgan fingerprint density at radius 1 is 1.36 bits per heavy atom. The zero-order valence-corrected chi connectivity index (χ0v) is 14.3. The van der Waals surface area contributed by atoms with Crippen molar-refractivity contribution in [2.24, 2.45) is 0 Å². The van der Waals surface area contributed by atoms with Crippen LogP contribution in [-0.2, 0) is 0 Å². The van der Waals surface area contributed by atoms with Crippen molar-refractivity contribution < 1.29 is 14.6 Å². The molecule has 2 amide bonds. The fourth-order valence-corrected chi connectivity index (χ4v) is 3.24. The van der Waals surface area contributed by atoms with E-state index in [1.807, 2.05) is 30.3 Å². The number of hydrogen-bond acceptors (Lipinski definition) is 4. The Morgan fingerprint density at radius 3 is 2.92 bits per heavy atom. The average molecular weight is 341 g/mol. The topological polar surface area (TPSA) is 74.7 Å². The quantitative estimate of drug-likeness (QED) is 0.876. The molecule has 0 radical (unpaired) electrons. The second-order valence-electron chi connectivity index (χ2n) is 6.14. The molecule has 1 aromatic carbocycles. The van der Waals surface area contributed by atoms with Crippen LogP contribution in [0.2, 0.25) is 0 Å². The van der Waals surface area contributed by atoms with Gasteiger partial charge < -0.3 is 14.7 Å². The van der Waals surface area contributed by atoms with Crippen LogP contribution in [0.1, 0.15) is 30.9 Å². The normalized spacial score (nSPS) is 18.0. The number of carbonyl (C=O) groups is 1. The van der Waals surface area contributed by atoms with Crippen LogP contribution in [0.25, 0.3) is 0 Å². The molecular weight excluding hydrogens is 318 g/mol. The highest BCUT2D eigenvalue weighted by atomic mass is 16.5. The third-order valence-corrected chi connectivity index (χ3v) is 4.53. The first-order valence-electron chi connectivity index (χ1n) is 8.48. The van der Waals surface area contributed by atoms with E-state index in [0.29, 0.717) is 24.5 Å². The van der Waals surface area contributed by atoms with Gasteiger partial charge in [-0.15, -0.1) is 0 Å². The number of hydrogen-bond donors (Lipinski definition) is 2. The number of aliphatic hydroxyl groups excluding tert-OH is 1. The van der Waals surface area contributed by atoms with Gasteiger partial charge in [0.15, 0.2) is 11.6 Å². The molecular formula is C19H23N3O3. The average Bonchev–Trinajstić information content (AvgIpc) is 3.11. The van der Waals surface area contributed by atoms with Gasteiger partial charge in [-0.25, -0.2) is 9.78 Å². The van der Waals surface area contributed by atoms with E-state index in [-0.39, 0.29) is 12.1 Å². The van der Waals surface area contributed by atoms with Crippen LogP contribution in [0.5, 0.6) is 5.75 Å². The van der Waals surface area contributed by atoms with E-state index in [1.165, 1.54) is 0 Å². The molecule has 2 heterocycles. The van der Waals surface area contributed by atoms with Gasteiger partial charge in [-0.05, 0) is 37.0 Å². The summed E-state index contributed by atoms with van der Waals surface area (Å²) in [5.74, 6) is 0.931. The van der Waals surface area contributed by atoms with E-state index < -0.39 is 6.10 Å². The Hall–Kier alpha value is -2.60. The molecule has 2 unspecified atom stereocenters. The number of aliphatic hydroxyl groups is 1. The number of benzene rings is 1. The number of likely N-dealkylation sites (tertiary alicyclic amines) is 1. The molecule has 25 heavy (non-hydrogen) atoms. The van der Waals surface area contributed by atoms with Crippen molar-refractivity contribution in [2.45, 2.75) is 31.4 Å². The molecule has 6 heteroatoms. The van der Waals surface area contributed by atoms with E-state index in [9.17, 15) is 9.90 Å². The molecule has 2 N–H and O–H groups in total. The summed E-state index contributed by atoms with van der Waals surface area (Å²) in [6, 6.07) is 12.9. The number of urea groups is 1. The summed E-state index contributed by atoms with van der Waals surface area (Å²) < 4.78 is 5.22. The number of methoxy groups -OCH3 is 1. The molecule has 1 fully saturated rings. The van der Waals surface area contributed by atoms with Crippen LogP contribution in [-0.4, -0.2) is 40.7 Å². The third kappa shape index (κ3) is 4.09. The molecule has 0 aliphatic carbocycles. The second kappa shape index (κ2) is 7.98. The molecule has 1 aliphatic heterocycles. The van der Waals surface area contributed by atoms with Crippen LogP contribution in [0, 0.1) is 0 Å². The lowest BCUT2D eigenvalue weighted by atomic mass is 10.0.